The lowest BCUT2D eigenvalue weighted by atomic mass is 10.1. The number of carboxylic acid groups (broad SMARTS) is 1. The van der Waals surface area contributed by atoms with Crippen LogP contribution in [0.5, 0.6) is 5.75 Å². The Labute approximate surface area is 184 Å². The van der Waals surface area contributed by atoms with Crippen LogP contribution in [0.1, 0.15) is 13.3 Å². The molecule has 3 amide bonds. The Kier molecular flexibility index (Phi) is 7.14. The summed E-state index contributed by atoms with van der Waals surface area (Å²) >= 11 is 0. The summed E-state index contributed by atoms with van der Waals surface area (Å²) in [6.07, 6.45) is -0.934. The second kappa shape index (κ2) is 9.99. The van der Waals surface area contributed by atoms with Gasteiger partial charge in [0.25, 0.3) is 0 Å². The number of rotatable bonds is 6. The van der Waals surface area contributed by atoms with E-state index < -0.39 is 36.8 Å². The van der Waals surface area contributed by atoms with Crippen molar-refractivity contribution in [1.82, 2.24) is 9.80 Å². The molecule has 1 fully saturated rings. The number of carboxylic acids is 1. The zero-order valence-corrected chi connectivity index (χ0v) is 17.7. The Hall–Kier alpha value is -3.82. The van der Waals surface area contributed by atoms with Crippen LogP contribution in [0.3, 0.4) is 0 Å². The van der Waals surface area contributed by atoms with E-state index in [9.17, 15) is 29.4 Å². The fourth-order valence-electron chi connectivity index (χ4n) is 3.57. The van der Waals surface area contributed by atoms with Crippen LogP contribution in [0.4, 0.5) is 10.5 Å². The molecular formula is C22H25N3O7. The second-order valence-electron chi connectivity index (χ2n) is 7.30. The number of piperazine rings is 1. The maximum Gasteiger partial charge on any atom is 0.409 e. The monoisotopic (exact) mass is 443 g/mol. The highest BCUT2D eigenvalue weighted by atomic mass is 16.6. The molecule has 2 N–H and O–H groups in total. The molecule has 0 spiro atoms. The molecule has 2 aromatic rings. The fraction of sp³-hybridized carbons (Fsp3) is 0.364. The van der Waals surface area contributed by atoms with Crippen LogP contribution in [0.25, 0.3) is 10.8 Å². The molecule has 10 heteroatoms. The van der Waals surface area contributed by atoms with Gasteiger partial charge in [0.05, 0.1) is 6.61 Å². The largest absolute Gasteiger partial charge is 0.507 e. The minimum absolute atomic E-state index is 0.0716. The van der Waals surface area contributed by atoms with Gasteiger partial charge < -0.3 is 29.6 Å². The Bertz CT molecular complexity index is 1030. The molecule has 32 heavy (non-hydrogen) atoms. The van der Waals surface area contributed by atoms with Crippen molar-refractivity contribution in [2.24, 2.45) is 0 Å². The van der Waals surface area contributed by atoms with Gasteiger partial charge in [-0.3, -0.25) is 14.4 Å². The smallest absolute Gasteiger partial charge is 0.409 e. The Morgan fingerprint density at radius 3 is 2.38 bits per heavy atom. The molecule has 3 rings (SSSR count). The molecule has 0 aromatic heterocycles. The minimum atomic E-state index is -1.22. The first-order valence-electron chi connectivity index (χ1n) is 10.2. The number of amides is 3. The van der Waals surface area contributed by atoms with Crippen molar-refractivity contribution in [2.45, 2.75) is 13.3 Å². The Morgan fingerprint density at radius 2 is 1.72 bits per heavy atom. The summed E-state index contributed by atoms with van der Waals surface area (Å²) < 4.78 is 4.95. The Balaban J connectivity index is 1.70. The number of hydrogen-bond acceptors (Lipinski definition) is 6. The van der Waals surface area contributed by atoms with Crippen molar-refractivity contribution in [3.05, 3.63) is 36.4 Å². The maximum absolute atomic E-state index is 12.9. The van der Waals surface area contributed by atoms with Gasteiger partial charge >= 0.3 is 12.1 Å². The summed E-state index contributed by atoms with van der Waals surface area (Å²) in [5.41, 5.74) is 0.315. The average Bonchev–Trinajstić information content (AvgIpc) is 2.77. The van der Waals surface area contributed by atoms with Crippen LogP contribution in [-0.2, 0) is 19.1 Å². The summed E-state index contributed by atoms with van der Waals surface area (Å²) in [5.74, 6) is -2.23. The summed E-state index contributed by atoms with van der Waals surface area (Å²) in [6.45, 7) is 2.49. The van der Waals surface area contributed by atoms with Crippen LogP contribution < -0.4 is 4.90 Å². The standard InChI is InChI=1S/C22H25N3O7/c1-2-32-22(31)24-10-8-23(9-11-24)19(27)13-20(28)25(14-21(29)30)16-6-7-17-15(12-16)4-3-5-18(17)26/h3-7,12,26H,2,8-11,13-14H2,1H3,(H,29,30). The van der Waals surface area contributed by atoms with Crippen molar-refractivity contribution in [1.29, 1.82) is 0 Å². The van der Waals surface area contributed by atoms with Crippen LogP contribution >= 0.6 is 0 Å². The van der Waals surface area contributed by atoms with E-state index in [2.05, 4.69) is 0 Å². The van der Waals surface area contributed by atoms with Gasteiger partial charge in [-0.1, -0.05) is 12.1 Å². The zero-order valence-electron chi connectivity index (χ0n) is 17.7. The first-order chi connectivity index (χ1) is 15.3. The third kappa shape index (κ3) is 5.26. The molecule has 1 aliphatic heterocycles. The maximum atomic E-state index is 12.9. The summed E-state index contributed by atoms with van der Waals surface area (Å²) in [6, 6.07) is 9.63. The molecular weight excluding hydrogens is 418 g/mol. The quantitative estimate of drug-likeness (QED) is 0.650. The fourth-order valence-corrected chi connectivity index (χ4v) is 3.57. The predicted molar refractivity (Wildman–Crippen MR) is 115 cm³/mol. The first kappa shape index (κ1) is 22.9. The number of carbonyl (C=O) groups is 4. The zero-order chi connectivity index (χ0) is 23.3. The molecule has 1 heterocycles. The number of nitrogens with zero attached hydrogens (tertiary/aromatic N) is 3. The number of carbonyl (C=O) groups excluding carboxylic acids is 3. The number of phenolic OH excluding ortho intramolecular Hbond substituents is 1. The summed E-state index contributed by atoms with van der Waals surface area (Å²) in [5, 5.41) is 20.4. The number of fused-ring (bicyclic) bond motifs is 1. The first-order valence-corrected chi connectivity index (χ1v) is 10.2. The molecule has 0 atom stereocenters. The van der Waals surface area contributed by atoms with Crippen LogP contribution in [-0.4, -0.2) is 83.2 Å². The van der Waals surface area contributed by atoms with Gasteiger partial charge in [-0.25, -0.2) is 4.79 Å². The highest BCUT2D eigenvalue weighted by Gasteiger charge is 2.28. The van der Waals surface area contributed by atoms with Crippen LogP contribution in [0.15, 0.2) is 36.4 Å². The lowest BCUT2D eigenvalue weighted by molar-refractivity contribution is -0.139. The molecule has 0 saturated carbocycles. The van der Waals surface area contributed by atoms with Crippen molar-refractivity contribution in [3.8, 4) is 5.75 Å². The van der Waals surface area contributed by atoms with E-state index in [-0.39, 0.29) is 25.4 Å². The highest BCUT2D eigenvalue weighted by molar-refractivity contribution is 6.07. The lowest BCUT2D eigenvalue weighted by Crippen LogP contribution is -2.51. The van der Waals surface area contributed by atoms with Crippen LogP contribution in [0, 0.1) is 0 Å². The molecule has 10 nitrogen and oxygen atoms in total. The summed E-state index contributed by atoms with van der Waals surface area (Å²) in [4.78, 5) is 52.7. The lowest BCUT2D eigenvalue weighted by Gasteiger charge is -2.34. The van der Waals surface area contributed by atoms with Crippen molar-refractivity contribution in [3.63, 3.8) is 0 Å². The van der Waals surface area contributed by atoms with E-state index in [1.165, 1.54) is 21.9 Å². The predicted octanol–water partition coefficient (Wildman–Crippen LogP) is 1.65. The number of aromatic hydroxyl groups is 1. The van der Waals surface area contributed by atoms with Gasteiger partial charge in [-0.15, -0.1) is 0 Å². The molecule has 170 valence electrons. The number of benzene rings is 2. The third-order valence-electron chi connectivity index (χ3n) is 5.21. The SMILES string of the molecule is CCOC(=O)N1CCN(C(=O)CC(=O)N(CC(=O)O)c2ccc3c(O)cccc3c2)CC1. The molecule has 1 saturated heterocycles. The number of phenols is 1. The van der Waals surface area contributed by atoms with Gasteiger partial charge in [0, 0.05) is 37.3 Å². The Morgan fingerprint density at radius 1 is 1.03 bits per heavy atom. The molecule has 0 radical (unpaired) electrons. The van der Waals surface area contributed by atoms with E-state index >= 15 is 0 Å². The second-order valence-corrected chi connectivity index (χ2v) is 7.30. The number of ether oxygens (including phenoxy) is 1. The topological polar surface area (TPSA) is 128 Å². The van der Waals surface area contributed by atoms with E-state index in [1.807, 2.05) is 0 Å². The van der Waals surface area contributed by atoms with Gasteiger partial charge in [0.2, 0.25) is 11.8 Å². The van der Waals surface area contributed by atoms with E-state index in [1.54, 1.807) is 31.2 Å². The van der Waals surface area contributed by atoms with Crippen molar-refractivity contribution in [2.75, 3.05) is 44.2 Å². The third-order valence-corrected chi connectivity index (χ3v) is 5.21. The van der Waals surface area contributed by atoms with Gasteiger partial charge in [0.15, 0.2) is 0 Å². The summed E-state index contributed by atoms with van der Waals surface area (Å²) in [7, 11) is 0. The van der Waals surface area contributed by atoms with Gasteiger partial charge in [-0.2, -0.15) is 0 Å². The average molecular weight is 443 g/mol. The van der Waals surface area contributed by atoms with E-state index in [0.29, 0.717) is 29.5 Å². The van der Waals surface area contributed by atoms with E-state index in [0.717, 1.165) is 4.90 Å². The van der Waals surface area contributed by atoms with E-state index in [4.69, 9.17) is 4.74 Å². The minimum Gasteiger partial charge on any atom is -0.507 e. The van der Waals surface area contributed by atoms with Crippen LogP contribution in [0.2, 0.25) is 0 Å². The van der Waals surface area contributed by atoms with Crippen molar-refractivity contribution >= 4 is 40.3 Å². The molecule has 2 aromatic carbocycles. The molecule has 1 aliphatic rings. The molecule has 0 unspecified atom stereocenters. The molecule has 0 bridgehead atoms. The highest BCUT2D eigenvalue weighted by Crippen LogP contribution is 2.28. The molecule has 0 aliphatic carbocycles. The number of hydrogen-bond donors (Lipinski definition) is 2. The number of anilines is 1. The number of aliphatic carboxylic acids is 1. The van der Waals surface area contributed by atoms with Gasteiger partial charge in [0.1, 0.15) is 18.7 Å². The van der Waals surface area contributed by atoms with Crippen molar-refractivity contribution < 1.29 is 34.1 Å². The van der Waals surface area contributed by atoms with Gasteiger partial charge in [-0.05, 0) is 36.6 Å². The normalized spacial score (nSPS) is 13.7.